The summed E-state index contributed by atoms with van der Waals surface area (Å²) >= 11 is 0. The highest BCUT2D eigenvalue weighted by molar-refractivity contribution is 5.70. The number of carbonyl (C=O) groups excluding carboxylic acids is 1. The molecule has 0 aliphatic rings. The van der Waals surface area contributed by atoms with E-state index in [2.05, 4.69) is 4.74 Å². The Morgan fingerprint density at radius 2 is 1.89 bits per heavy atom. The number of nitrogens with two attached hydrogens (primary N) is 1. The van der Waals surface area contributed by atoms with Crippen molar-refractivity contribution in [2.24, 2.45) is 5.73 Å². The fraction of sp³-hybridized carbons (Fsp3) is 0.417. The highest BCUT2D eigenvalue weighted by atomic mass is 19.2. The SMILES string of the molecule is CCOC(=O)C[C@H](N)Cc1cc(F)c(F)cc1F. The zero-order valence-corrected chi connectivity index (χ0v) is 9.88. The molecule has 2 N–H and O–H groups in total. The molecule has 0 radical (unpaired) electrons. The molecule has 0 fully saturated rings. The Bertz CT molecular complexity index is 438. The van der Waals surface area contributed by atoms with E-state index in [1.807, 2.05) is 0 Å². The molecule has 0 saturated heterocycles. The summed E-state index contributed by atoms with van der Waals surface area (Å²) in [5, 5.41) is 0. The van der Waals surface area contributed by atoms with Crippen molar-refractivity contribution < 1.29 is 22.7 Å². The van der Waals surface area contributed by atoms with E-state index in [1.165, 1.54) is 0 Å². The molecule has 0 aliphatic carbocycles. The maximum Gasteiger partial charge on any atom is 0.307 e. The molecule has 18 heavy (non-hydrogen) atoms. The number of esters is 1. The van der Waals surface area contributed by atoms with E-state index in [-0.39, 0.29) is 25.0 Å². The maximum atomic E-state index is 13.3. The van der Waals surface area contributed by atoms with Crippen molar-refractivity contribution in [1.82, 2.24) is 0 Å². The molecule has 0 unspecified atom stereocenters. The molecule has 0 heterocycles. The molecule has 6 heteroatoms. The summed E-state index contributed by atoms with van der Waals surface area (Å²) in [5.41, 5.74) is 5.55. The number of benzene rings is 1. The zero-order chi connectivity index (χ0) is 13.7. The van der Waals surface area contributed by atoms with Crippen LogP contribution in [0.2, 0.25) is 0 Å². The van der Waals surface area contributed by atoms with Gasteiger partial charge >= 0.3 is 5.97 Å². The van der Waals surface area contributed by atoms with Gasteiger partial charge in [0, 0.05) is 12.1 Å². The average molecular weight is 261 g/mol. The van der Waals surface area contributed by atoms with E-state index in [1.54, 1.807) is 6.92 Å². The van der Waals surface area contributed by atoms with Gasteiger partial charge in [-0.2, -0.15) is 0 Å². The molecular formula is C12H14F3NO2. The fourth-order valence-corrected chi connectivity index (χ4v) is 1.51. The molecule has 3 nitrogen and oxygen atoms in total. The molecule has 100 valence electrons. The summed E-state index contributed by atoms with van der Waals surface area (Å²) in [7, 11) is 0. The predicted octanol–water partition coefficient (Wildman–Crippen LogP) is 1.93. The van der Waals surface area contributed by atoms with Crippen molar-refractivity contribution in [2.45, 2.75) is 25.8 Å². The van der Waals surface area contributed by atoms with E-state index in [0.717, 1.165) is 6.07 Å². The van der Waals surface area contributed by atoms with Crippen molar-refractivity contribution in [3.63, 3.8) is 0 Å². The summed E-state index contributed by atoms with van der Waals surface area (Å²) in [5.74, 6) is -3.79. The molecule has 1 aromatic rings. The predicted molar refractivity (Wildman–Crippen MR) is 59.2 cm³/mol. The van der Waals surface area contributed by atoms with E-state index in [9.17, 15) is 18.0 Å². The van der Waals surface area contributed by atoms with Crippen LogP contribution >= 0.6 is 0 Å². The molecule has 1 atom stereocenters. The van der Waals surface area contributed by atoms with Crippen LogP contribution < -0.4 is 5.73 Å². The van der Waals surface area contributed by atoms with Gasteiger partial charge in [-0.1, -0.05) is 0 Å². The van der Waals surface area contributed by atoms with Crippen LogP contribution in [0.4, 0.5) is 13.2 Å². The second kappa shape index (κ2) is 6.39. The highest BCUT2D eigenvalue weighted by Gasteiger charge is 2.15. The Kier molecular flexibility index (Phi) is 5.15. The molecule has 1 aromatic carbocycles. The quantitative estimate of drug-likeness (QED) is 0.651. The Labute approximate surface area is 103 Å². The molecule has 0 bridgehead atoms. The number of ether oxygens (including phenoxy) is 1. The minimum Gasteiger partial charge on any atom is -0.466 e. The first-order valence-electron chi connectivity index (χ1n) is 5.48. The largest absolute Gasteiger partial charge is 0.466 e. The van der Waals surface area contributed by atoms with Crippen LogP contribution in [0, 0.1) is 17.5 Å². The van der Waals surface area contributed by atoms with Gasteiger partial charge in [-0.3, -0.25) is 4.79 Å². The number of hydrogen-bond acceptors (Lipinski definition) is 3. The van der Waals surface area contributed by atoms with Crippen molar-refractivity contribution in [3.05, 3.63) is 35.1 Å². The molecule has 1 rings (SSSR count). The first kappa shape index (κ1) is 14.5. The van der Waals surface area contributed by atoms with E-state index in [0.29, 0.717) is 6.07 Å². The van der Waals surface area contributed by atoms with E-state index < -0.39 is 29.5 Å². The summed E-state index contributed by atoms with van der Waals surface area (Å²) in [4.78, 5) is 11.1. The lowest BCUT2D eigenvalue weighted by atomic mass is 10.0. The Morgan fingerprint density at radius 3 is 2.50 bits per heavy atom. The third-order valence-electron chi connectivity index (χ3n) is 2.31. The molecular weight excluding hydrogens is 247 g/mol. The van der Waals surface area contributed by atoms with Crippen LogP contribution in [-0.2, 0) is 16.0 Å². The monoisotopic (exact) mass is 261 g/mol. The third kappa shape index (κ3) is 4.03. The van der Waals surface area contributed by atoms with Gasteiger partial charge in [0.2, 0.25) is 0 Å². The second-order valence-electron chi connectivity index (χ2n) is 3.83. The summed E-state index contributed by atoms with van der Waals surface area (Å²) < 4.78 is 43.6. The van der Waals surface area contributed by atoms with Gasteiger partial charge in [0.05, 0.1) is 13.0 Å². The van der Waals surface area contributed by atoms with Gasteiger partial charge in [0.25, 0.3) is 0 Å². The van der Waals surface area contributed by atoms with Gasteiger partial charge in [-0.05, 0) is 25.0 Å². The van der Waals surface area contributed by atoms with Crippen LogP contribution in [0.3, 0.4) is 0 Å². The third-order valence-corrected chi connectivity index (χ3v) is 2.31. The van der Waals surface area contributed by atoms with Crippen molar-refractivity contribution in [2.75, 3.05) is 6.61 Å². The fourth-order valence-electron chi connectivity index (χ4n) is 1.51. The first-order chi connectivity index (χ1) is 8.43. The first-order valence-corrected chi connectivity index (χ1v) is 5.48. The Hall–Kier alpha value is -1.56. The normalized spacial score (nSPS) is 12.3. The van der Waals surface area contributed by atoms with Crippen molar-refractivity contribution >= 4 is 5.97 Å². The second-order valence-corrected chi connectivity index (χ2v) is 3.83. The number of halogens is 3. The van der Waals surface area contributed by atoms with Crippen LogP contribution in [0.5, 0.6) is 0 Å². The summed E-state index contributed by atoms with van der Waals surface area (Å²) in [6, 6.07) is 0.501. The zero-order valence-electron chi connectivity index (χ0n) is 9.88. The van der Waals surface area contributed by atoms with Gasteiger partial charge < -0.3 is 10.5 Å². The maximum absolute atomic E-state index is 13.3. The number of carbonyl (C=O) groups is 1. The number of rotatable bonds is 5. The van der Waals surface area contributed by atoms with E-state index >= 15 is 0 Å². The lowest BCUT2D eigenvalue weighted by Crippen LogP contribution is -2.27. The van der Waals surface area contributed by atoms with Crippen LogP contribution in [0.1, 0.15) is 18.9 Å². The van der Waals surface area contributed by atoms with Gasteiger partial charge in [-0.15, -0.1) is 0 Å². The lowest BCUT2D eigenvalue weighted by Gasteiger charge is -2.11. The summed E-state index contributed by atoms with van der Waals surface area (Å²) in [6.07, 6.45) is -0.172. The average Bonchev–Trinajstić information content (AvgIpc) is 2.26. The minimum atomic E-state index is -1.25. The highest BCUT2D eigenvalue weighted by Crippen LogP contribution is 2.15. The Balaban J connectivity index is 2.67. The van der Waals surface area contributed by atoms with Gasteiger partial charge in [0.1, 0.15) is 5.82 Å². The molecule has 0 aromatic heterocycles. The lowest BCUT2D eigenvalue weighted by molar-refractivity contribution is -0.143. The van der Waals surface area contributed by atoms with Gasteiger partial charge in [0.15, 0.2) is 11.6 Å². The minimum absolute atomic E-state index is 0.0642. The topological polar surface area (TPSA) is 52.3 Å². The molecule has 0 saturated carbocycles. The Morgan fingerprint density at radius 1 is 1.28 bits per heavy atom. The standard InChI is InChI=1S/C12H14F3NO2/c1-2-18-12(17)5-8(16)3-7-4-10(14)11(15)6-9(7)13/h4,6,8H,2-3,5,16H2,1H3/t8-/m1/s1. The van der Waals surface area contributed by atoms with E-state index in [4.69, 9.17) is 5.73 Å². The number of hydrogen-bond donors (Lipinski definition) is 1. The van der Waals surface area contributed by atoms with Crippen LogP contribution in [0.15, 0.2) is 12.1 Å². The molecule has 0 amide bonds. The van der Waals surface area contributed by atoms with Crippen LogP contribution in [0.25, 0.3) is 0 Å². The molecule has 0 aliphatic heterocycles. The van der Waals surface area contributed by atoms with Crippen molar-refractivity contribution in [3.8, 4) is 0 Å². The van der Waals surface area contributed by atoms with Gasteiger partial charge in [-0.25, -0.2) is 13.2 Å². The summed E-state index contributed by atoms with van der Waals surface area (Å²) in [6.45, 7) is 1.88. The van der Waals surface area contributed by atoms with Crippen LogP contribution in [-0.4, -0.2) is 18.6 Å². The van der Waals surface area contributed by atoms with Crippen molar-refractivity contribution in [1.29, 1.82) is 0 Å². The molecule has 0 spiro atoms. The smallest absolute Gasteiger partial charge is 0.307 e.